The highest BCUT2D eigenvalue weighted by atomic mass is 15.1. The lowest BCUT2D eigenvalue weighted by Gasteiger charge is -2.26. The minimum absolute atomic E-state index is 0.400. The van der Waals surface area contributed by atoms with E-state index in [1.54, 1.807) is 0 Å². The molecule has 0 saturated carbocycles. The summed E-state index contributed by atoms with van der Waals surface area (Å²) < 4.78 is 0. The van der Waals surface area contributed by atoms with Crippen LogP contribution in [0.3, 0.4) is 0 Å². The number of rotatable bonds is 21. The molecule has 0 spiro atoms. The average Bonchev–Trinajstić information content (AvgIpc) is 3.47. The molecule has 0 radical (unpaired) electrons. The first-order chi connectivity index (χ1) is 36.1. The predicted octanol–water partition coefficient (Wildman–Crippen LogP) is 18.9. The largest absolute Gasteiger partial charge is 0.311 e. The lowest BCUT2D eigenvalue weighted by Crippen LogP contribution is -2.12. The Labute approximate surface area is 435 Å². The zero-order valence-corrected chi connectivity index (χ0v) is 42.3. The monoisotopic (exact) mass is 946 g/mol. The molecule has 1 heteroatoms. The van der Waals surface area contributed by atoms with E-state index in [4.69, 9.17) is 0 Å². The molecular formula is C72H67N. The molecule has 0 amide bonds. The SMILES string of the molecule is CC(c1ccccc1)C(Cc1ccc(CC(CCc2ccc(-c3ccc(N(c4ccccc4)c4ccc(C(CCc5ccccc5)Cc5ccccc5)cc4)cc3)cc2)c2ccccc2)cc1)c1ccccc1. The third-order valence-corrected chi connectivity index (χ3v) is 15.2. The molecule has 4 unspecified atom stereocenters. The fraction of sp³-hybridized carbons (Fsp3) is 0.167. The predicted molar refractivity (Wildman–Crippen MR) is 310 cm³/mol. The zero-order chi connectivity index (χ0) is 49.4. The molecule has 0 saturated heterocycles. The van der Waals surface area contributed by atoms with Crippen molar-refractivity contribution in [2.45, 2.75) is 75.5 Å². The fourth-order valence-electron chi connectivity index (χ4n) is 10.9. The molecule has 0 aromatic heterocycles. The van der Waals surface area contributed by atoms with Crippen LogP contribution in [0.1, 0.15) is 93.5 Å². The van der Waals surface area contributed by atoms with E-state index in [1.165, 1.54) is 61.2 Å². The van der Waals surface area contributed by atoms with Gasteiger partial charge in [-0.05, 0) is 166 Å². The minimum Gasteiger partial charge on any atom is -0.311 e. The number of benzene rings is 10. The Morgan fingerprint density at radius 1 is 0.274 bits per heavy atom. The molecule has 10 aromatic rings. The second-order valence-corrected chi connectivity index (χ2v) is 20.0. The smallest absolute Gasteiger partial charge is 0.0462 e. The summed E-state index contributed by atoms with van der Waals surface area (Å²) in [5, 5.41) is 0. The quantitative estimate of drug-likeness (QED) is 0.0694. The summed E-state index contributed by atoms with van der Waals surface area (Å²) in [6.07, 6.45) is 7.32. The first kappa shape index (κ1) is 48.6. The van der Waals surface area contributed by atoms with Crippen molar-refractivity contribution >= 4 is 17.1 Å². The van der Waals surface area contributed by atoms with Crippen LogP contribution in [0.15, 0.2) is 279 Å². The summed E-state index contributed by atoms with van der Waals surface area (Å²) in [6, 6.07) is 103. The van der Waals surface area contributed by atoms with Crippen molar-refractivity contribution < 1.29 is 0 Å². The van der Waals surface area contributed by atoms with Crippen LogP contribution in [-0.2, 0) is 32.1 Å². The van der Waals surface area contributed by atoms with E-state index in [9.17, 15) is 0 Å². The van der Waals surface area contributed by atoms with Crippen LogP contribution in [0.4, 0.5) is 17.1 Å². The van der Waals surface area contributed by atoms with Gasteiger partial charge in [0.1, 0.15) is 0 Å². The number of nitrogens with zero attached hydrogens (tertiary/aromatic N) is 1. The van der Waals surface area contributed by atoms with Crippen LogP contribution < -0.4 is 4.90 Å². The van der Waals surface area contributed by atoms with E-state index < -0.39 is 0 Å². The molecule has 0 aliphatic rings. The molecule has 73 heavy (non-hydrogen) atoms. The van der Waals surface area contributed by atoms with Crippen LogP contribution in [0, 0.1) is 0 Å². The van der Waals surface area contributed by atoms with E-state index >= 15 is 0 Å². The Hall–Kier alpha value is -8.00. The van der Waals surface area contributed by atoms with Crippen molar-refractivity contribution in [3.8, 4) is 11.1 Å². The second kappa shape index (κ2) is 24.4. The van der Waals surface area contributed by atoms with Gasteiger partial charge in [0.25, 0.3) is 0 Å². The van der Waals surface area contributed by atoms with Crippen LogP contribution in [0.2, 0.25) is 0 Å². The van der Waals surface area contributed by atoms with Crippen molar-refractivity contribution in [3.63, 3.8) is 0 Å². The minimum atomic E-state index is 0.400. The van der Waals surface area contributed by atoms with E-state index in [0.717, 1.165) is 62.0 Å². The maximum atomic E-state index is 2.38. The van der Waals surface area contributed by atoms with E-state index in [-0.39, 0.29) is 0 Å². The van der Waals surface area contributed by atoms with Crippen LogP contribution in [0.25, 0.3) is 11.1 Å². The highest BCUT2D eigenvalue weighted by Gasteiger charge is 2.22. The Bertz CT molecular complexity index is 3150. The van der Waals surface area contributed by atoms with Gasteiger partial charge in [-0.3, -0.25) is 0 Å². The van der Waals surface area contributed by atoms with Crippen LogP contribution >= 0.6 is 0 Å². The Morgan fingerprint density at radius 3 is 1.11 bits per heavy atom. The fourth-order valence-corrected chi connectivity index (χ4v) is 10.9. The Kier molecular flexibility index (Phi) is 16.3. The van der Waals surface area contributed by atoms with Gasteiger partial charge in [-0.25, -0.2) is 0 Å². The highest BCUT2D eigenvalue weighted by molar-refractivity contribution is 5.78. The van der Waals surface area contributed by atoms with Gasteiger partial charge in [0.2, 0.25) is 0 Å². The van der Waals surface area contributed by atoms with Gasteiger partial charge in [0.05, 0.1) is 0 Å². The van der Waals surface area contributed by atoms with Crippen molar-refractivity contribution in [1.82, 2.24) is 0 Å². The number of hydrogen-bond donors (Lipinski definition) is 0. The standard InChI is InChI=1S/C72H67N/c1-55(61-24-12-4-13-25-61)72(66-28-16-6-17-29-66)54-60-34-32-59(33-35-60)53-67(62-26-14-5-15-27-62)43-39-57-36-40-63(41-37-57)64-44-48-70(49-45-64)73(69-30-18-7-19-31-69)71-50-46-65(47-51-71)68(52-58-22-10-3-11-23-58)42-38-56-20-8-2-9-21-56/h2-37,40-41,44-51,55,67-68,72H,38-39,42-43,52-54H2,1H3. The molecule has 1 nitrogen and oxygen atoms in total. The maximum Gasteiger partial charge on any atom is 0.0462 e. The van der Waals surface area contributed by atoms with Gasteiger partial charge in [-0.15, -0.1) is 0 Å². The number of anilines is 3. The average molecular weight is 946 g/mol. The summed E-state index contributed by atoms with van der Waals surface area (Å²) in [6.45, 7) is 2.38. The van der Waals surface area contributed by atoms with E-state index in [2.05, 4.69) is 291 Å². The molecular weight excluding hydrogens is 879 g/mol. The van der Waals surface area contributed by atoms with Gasteiger partial charge in [-0.2, -0.15) is 0 Å². The van der Waals surface area contributed by atoms with Crippen molar-refractivity contribution in [1.29, 1.82) is 0 Å². The topological polar surface area (TPSA) is 3.24 Å². The van der Waals surface area contributed by atoms with Gasteiger partial charge < -0.3 is 4.90 Å². The lowest BCUT2D eigenvalue weighted by atomic mass is 9.79. The molecule has 0 fully saturated rings. The summed E-state index contributed by atoms with van der Waals surface area (Å²) in [5.41, 5.74) is 18.4. The zero-order valence-electron chi connectivity index (χ0n) is 42.3. The summed E-state index contributed by atoms with van der Waals surface area (Å²) >= 11 is 0. The summed E-state index contributed by atoms with van der Waals surface area (Å²) in [7, 11) is 0. The molecule has 10 rings (SSSR count). The van der Waals surface area contributed by atoms with E-state index in [0.29, 0.717) is 23.7 Å². The molecule has 0 N–H and O–H groups in total. The normalized spacial score (nSPS) is 12.9. The molecule has 4 atom stereocenters. The van der Waals surface area contributed by atoms with Crippen molar-refractivity contribution in [3.05, 3.63) is 329 Å². The van der Waals surface area contributed by atoms with Gasteiger partial charge in [0.15, 0.2) is 0 Å². The number of hydrogen-bond acceptors (Lipinski definition) is 1. The Balaban J connectivity index is 0.808. The highest BCUT2D eigenvalue weighted by Crippen LogP contribution is 2.39. The van der Waals surface area contributed by atoms with Crippen molar-refractivity contribution in [2.24, 2.45) is 0 Å². The Morgan fingerprint density at radius 2 is 0.603 bits per heavy atom. The van der Waals surface area contributed by atoms with Gasteiger partial charge in [-0.1, -0.05) is 250 Å². The van der Waals surface area contributed by atoms with Crippen molar-refractivity contribution in [2.75, 3.05) is 4.90 Å². The maximum absolute atomic E-state index is 2.38. The number of para-hydroxylation sites is 1. The van der Waals surface area contributed by atoms with Crippen LogP contribution in [0.5, 0.6) is 0 Å². The molecule has 360 valence electrons. The number of aryl methyl sites for hydroxylation is 2. The molecule has 0 heterocycles. The summed E-state index contributed by atoms with van der Waals surface area (Å²) in [5.74, 6) is 1.65. The van der Waals surface area contributed by atoms with Gasteiger partial charge >= 0.3 is 0 Å². The van der Waals surface area contributed by atoms with E-state index in [1.807, 2.05) is 0 Å². The second-order valence-electron chi connectivity index (χ2n) is 20.0. The first-order valence-electron chi connectivity index (χ1n) is 26.5. The third-order valence-electron chi connectivity index (χ3n) is 15.2. The molecule has 10 aromatic carbocycles. The molecule has 0 bridgehead atoms. The van der Waals surface area contributed by atoms with Gasteiger partial charge in [0, 0.05) is 17.1 Å². The summed E-state index contributed by atoms with van der Waals surface area (Å²) in [4.78, 5) is 2.37. The van der Waals surface area contributed by atoms with Crippen LogP contribution in [-0.4, -0.2) is 0 Å². The molecule has 0 aliphatic heterocycles. The lowest BCUT2D eigenvalue weighted by molar-refractivity contribution is 0.572. The molecule has 0 aliphatic carbocycles. The first-order valence-corrected chi connectivity index (χ1v) is 26.5. The third kappa shape index (κ3) is 12.9.